The molecule has 4 amide bonds. The van der Waals surface area contributed by atoms with Gasteiger partial charge in [-0.25, -0.2) is 19.7 Å². The van der Waals surface area contributed by atoms with Crippen LogP contribution in [-0.4, -0.2) is 53.4 Å². The minimum Gasteiger partial charge on any atom is -0.285 e. The predicted octanol–water partition coefficient (Wildman–Crippen LogP) is 2.84. The molecule has 0 atom stereocenters. The molecule has 0 bridgehead atoms. The molecule has 0 aliphatic rings. The molecule has 0 aliphatic carbocycles. The fourth-order valence-corrected chi connectivity index (χ4v) is 2.21. The molecule has 2 N–H and O–H groups in total. The fraction of sp³-hybridized carbons (Fsp3) is 0.176. The van der Waals surface area contributed by atoms with E-state index in [4.69, 9.17) is 0 Å². The highest BCUT2D eigenvalue weighted by molar-refractivity contribution is 5.96. The molecule has 0 aromatic heterocycles. The average molecular weight is 344 g/mol. The second-order valence-electron chi connectivity index (χ2n) is 5.28. The third-order valence-corrected chi connectivity index (χ3v) is 3.43. The number of amides is 4. The van der Waals surface area contributed by atoms with E-state index in [0.29, 0.717) is 21.5 Å². The lowest BCUT2D eigenvalue weighted by atomic mass is 10.3. The SMILES string of the molecule is CN(O)C(=O)N(CN(C(=O)N(C)O)c1ccccc1)c1ccccc1. The standard InChI is InChI=1S/C17H20N4O4/c1-18(24)16(22)20(14-9-5-3-6-10-14)13-21(17(23)19(2)25)15-11-7-4-8-12-15/h3-12,24-25H,13H2,1-2H3. The van der Waals surface area contributed by atoms with E-state index in [-0.39, 0.29) is 6.67 Å². The smallest absolute Gasteiger partial charge is 0.285 e. The highest BCUT2D eigenvalue weighted by atomic mass is 16.5. The van der Waals surface area contributed by atoms with Gasteiger partial charge in [0.2, 0.25) is 0 Å². The summed E-state index contributed by atoms with van der Waals surface area (Å²) in [4.78, 5) is 27.2. The molecule has 0 heterocycles. The Labute approximate surface area is 145 Å². The van der Waals surface area contributed by atoms with Crippen molar-refractivity contribution in [1.29, 1.82) is 0 Å². The van der Waals surface area contributed by atoms with Crippen LogP contribution < -0.4 is 9.80 Å². The minimum absolute atomic E-state index is 0.207. The molecular weight excluding hydrogens is 324 g/mol. The molecule has 8 nitrogen and oxygen atoms in total. The Morgan fingerprint density at radius 2 is 1.04 bits per heavy atom. The molecule has 25 heavy (non-hydrogen) atoms. The second-order valence-corrected chi connectivity index (χ2v) is 5.28. The number of hydroxylamine groups is 4. The maximum absolute atomic E-state index is 12.4. The Morgan fingerprint density at radius 3 is 1.32 bits per heavy atom. The van der Waals surface area contributed by atoms with Gasteiger partial charge in [-0.3, -0.25) is 20.2 Å². The van der Waals surface area contributed by atoms with Crippen LogP contribution in [0.15, 0.2) is 60.7 Å². The van der Waals surface area contributed by atoms with Gasteiger partial charge in [-0.15, -0.1) is 0 Å². The Kier molecular flexibility index (Phi) is 5.93. The van der Waals surface area contributed by atoms with E-state index in [1.165, 1.54) is 23.9 Å². The number of nitrogens with zero attached hydrogens (tertiary/aromatic N) is 4. The summed E-state index contributed by atoms with van der Waals surface area (Å²) in [7, 11) is 2.40. The monoisotopic (exact) mass is 344 g/mol. The summed E-state index contributed by atoms with van der Waals surface area (Å²) in [5, 5.41) is 20.0. The highest BCUT2D eigenvalue weighted by Gasteiger charge is 2.26. The molecule has 0 saturated heterocycles. The van der Waals surface area contributed by atoms with Crippen LogP contribution >= 0.6 is 0 Å². The van der Waals surface area contributed by atoms with Gasteiger partial charge in [-0.1, -0.05) is 36.4 Å². The van der Waals surface area contributed by atoms with Gasteiger partial charge in [-0.2, -0.15) is 0 Å². The summed E-state index contributed by atoms with van der Waals surface area (Å²) < 4.78 is 0. The van der Waals surface area contributed by atoms with Crippen LogP contribution in [0.4, 0.5) is 21.0 Å². The largest absolute Gasteiger partial charge is 0.349 e. The molecule has 0 unspecified atom stereocenters. The first kappa shape index (κ1) is 18.2. The van der Waals surface area contributed by atoms with Crippen molar-refractivity contribution >= 4 is 23.4 Å². The average Bonchev–Trinajstić information content (AvgIpc) is 2.63. The normalized spacial score (nSPS) is 10.1. The van der Waals surface area contributed by atoms with Crippen LogP contribution in [0, 0.1) is 0 Å². The number of hydrogen-bond donors (Lipinski definition) is 2. The van der Waals surface area contributed by atoms with Crippen molar-refractivity contribution in [3.63, 3.8) is 0 Å². The zero-order valence-electron chi connectivity index (χ0n) is 14.0. The molecule has 8 heteroatoms. The first-order valence-electron chi connectivity index (χ1n) is 7.50. The van der Waals surface area contributed by atoms with Gasteiger partial charge in [0.25, 0.3) is 0 Å². The van der Waals surface area contributed by atoms with Gasteiger partial charge < -0.3 is 0 Å². The van der Waals surface area contributed by atoms with Crippen LogP contribution in [0.2, 0.25) is 0 Å². The van der Waals surface area contributed by atoms with Crippen molar-refractivity contribution in [1.82, 2.24) is 10.1 Å². The molecule has 2 aromatic rings. The molecule has 0 aliphatic heterocycles. The van der Waals surface area contributed by atoms with Gasteiger partial charge in [-0.05, 0) is 24.3 Å². The van der Waals surface area contributed by atoms with Gasteiger partial charge in [0.05, 0.1) is 0 Å². The lowest BCUT2D eigenvalue weighted by molar-refractivity contribution is -0.0173. The lowest BCUT2D eigenvalue weighted by Crippen LogP contribution is -2.50. The van der Waals surface area contributed by atoms with Crippen LogP contribution in [-0.2, 0) is 0 Å². The Morgan fingerprint density at radius 1 is 0.720 bits per heavy atom. The number of carbonyl (C=O) groups is 2. The molecular formula is C17H20N4O4. The highest BCUT2D eigenvalue weighted by Crippen LogP contribution is 2.20. The van der Waals surface area contributed by atoms with Crippen LogP contribution in [0.3, 0.4) is 0 Å². The molecule has 0 spiro atoms. The summed E-state index contributed by atoms with van der Waals surface area (Å²) in [6.45, 7) is -0.207. The number of anilines is 2. The first-order chi connectivity index (χ1) is 11.9. The number of benzene rings is 2. The second kappa shape index (κ2) is 8.13. The molecule has 2 aromatic carbocycles. The third kappa shape index (κ3) is 4.46. The molecule has 0 saturated carbocycles. The summed E-state index contributed by atoms with van der Waals surface area (Å²) in [5.41, 5.74) is 0.977. The van der Waals surface area contributed by atoms with E-state index >= 15 is 0 Å². The number of rotatable bonds is 4. The Bertz CT molecular complexity index is 646. The van der Waals surface area contributed by atoms with E-state index in [2.05, 4.69) is 0 Å². The molecule has 0 radical (unpaired) electrons. The van der Waals surface area contributed by atoms with Gasteiger partial charge >= 0.3 is 12.1 Å². The zero-order valence-corrected chi connectivity index (χ0v) is 14.0. The molecule has 2 rings (SSSR count). The first-order valence-corrected chi connectivity index (χ1v) is 7.50. The number of urea groups is 2. The minimum atomic E-state index is -0.722. The summed E-state index contributed by atoms with van der Waals surface area (Å²) in [6.07, 6.45) is 0. The van der Waals surface area contributed by atoms with Crippen LogP contribution in [0.25, 0.3) is 0 Å². The number of para-hydroxylation sites is 2. The van der Waals surface area contributed by atoms with Gasteiger partial charge in [0, 0.05) is 25.5 Å². The van der Waals surface area contributed by atoms with Crippen molar-refractivity contribution in [2.75, 3.05) is 30.6 Å². The summed E-state index contributed by atoms with van der Waals surface area (Å²) >= 11 is 0. The van der Waals surface area contributed by atoms with E-state index < -0.39 is 12.1 Å². The van der Waals surface area contributed by atoms with Crippen molar-refractivity contribution in [2.24, 2.45) is 0 Å². The van der Waals surface area contributed by atoms with Gasteiger partial charge in [0.15, 0.2) is 0 Å². The maximum atomic E-state index is 12.4. The quantitative estimate of drug-likeness (QED) is 0.507. The maximum Gasteiger partial charge on any atom is 0.349 e. The van der Waals surface area contributed by atoms with E-state index in [1.807, 2.05) is 0 Å². The van der Waals surface area contributed by atoms with E-state index in [1.54, 1.807) is 60.7 Å². The molecule has 132 valence electrons. The van der Waals surface area contributed by atoms with Crippen molar-refractivity contribution in [3.05, 3.63) is 60.7 Å². The Balaban J connectivity index is 2.41. The number of hydrogen-bond acceptors (Lipinski definition) is 4. The van der Waals surface area contributed by atoms with Gasteiger partial charge in [0.1, 0.15) is 6.67 Å². The fourth-order valence-electron chi connectivity index (χ4n) is 2.21. The summed E-state index contributed by atoms with van der Waals surface area (Å²) in [6, 6.07) is 15.8. The third-order valence-electron chi connectivity index (χ3n) is 3.43. The number of carbonyl (C=O) groups excluding carboxylic acids is 2. The lowest BCUT2D eigenvalue weighted by Gasteiger charge is -2.32. The predicted molar refractivity (Wildman–Crippen MR) is 92.6 cm³/mol. The Hall–Kier alpha value is -3.10. The molecule has 0 fully saturated rings. The van der Waals surface area contributed by atoms with Crippen LogP contribution in [0.1, 0.15) is 0 Å². The van der Waals surface area contributed by atoms with E-state index in [9.17, 15) is 20.0 Å². The zero-order chi connectivity index (χ0) is 18.4. The van der Waals surface area contributed by atoms with Crippen molar-refractivity contribution < 1.29 is 20.0 Å². The van der Waals surface area contributed by atoms with Crippen molar-refractivity contribution in [3.8, 4) is 0 Å². The van der Waals surface area contributed by atoms with Crippen molar-refractivity contribution in [2.45, 2.75) is 0 Å². The summed E-state index contributed by atoms with van der Waals surface area (Å²) in [5.74, 6) is 0. The topological polar surface area (TPSA) is 87.6 Å². The van der Waals surface area contributed by atoms with Crippen LogP contribution in [0.5, 0.6) is 0 Å². The van der Waals surface area contributed by atoms with E-state index in [0.717, 1.165) is 0 Å².